The first-order chi connectivity index (χ1) is 16.5. The Kier molecular flexibility index (Phi) is 9.03. The predicted octanol–water partition coefficient (Wildman–Crippen LogP) is 5.61. The molecule has 0 saturated carbocycles. The van der Waals surface area contributed by atoms with Crippen molar-refractivity contribution in [2.24, 2.45) is 0 Å². The smallest absolute Gasteiger partial charge is 0.264 e. The Morgan fingerprint density at radius 3 is 2.43 bits per heavy atom. The lowest BCUT2D eigenvalue weighted by molar-refractivity contribution is -0.118. The van der Waals surface area contributed by atoms with Crippen molar-refractivity contribution < 1.29 is 29.8 Å². The number of carbonyl (C=O) groups is 1. The molecule has 0 bridgehead atoms. The van der Waals surface area contributed by atoms with Crippen LogP contribution in [0.25, 0.3) is 0 Å². The molecular weight excluding hydrogens is 612 g/mol. The molecule has 3 unspecified atom stereocenters. The van der Waals surface area contributed by atoms with Gasteiger partial charge in [-0.2, -0.15) is 4.39 Å². The summed E-state index contributed by atoms with van der Waals surface area (Å²) in [6.07, 6.45) is 0. The average molecular weight is 634 g/mol. The van der Waals surface area contributed by atoms with Gasteiger partial charge in [0.05, 0.1) is 18.2 Å². The Hall–Kier alpha value is -2.34. The number of anilines is 2. The van der Waals surface area contributed by atoms with Gasteiger partial charge < -0.3 is 13.1 Å². The maximum absolute atomic E-state index is 14.8. The molecule has 2 N–H and O–H groups in total. The van der Waals surface area contributed by atoms with Gasteiger partial charge in [0.1, 0.15) is 39.5 Å². The number of rotatable bonds is 10. The normalized spacial score (nSPS) is 14.0. The fraction of sp³-hybridized carbons (Fsp3) is 0.174. The Balaban J connectivity index is 1.77. The van der Waals surface area contributed by atoms with Crippen molar-refractivity contribution in [2.75, 3.05) is 16.6 Å². The van der Waals surface area contributed by atoms with Gasteiger partial charge in [0, 0.05) is 18.7 Å². The van der Waals surface area contributed by atoms with E-state index < -0.39 is 38.2 Å². The summed E-state index contributed by atoms with van der Waals surface area (Å²) >= 11 is 1.69. The van der Waals surface area contributed by atoms with Gasteiger partial charge in [0.15, 0.2) is 0 Å². The molecule has 0 spiro atoms. The van der Waals surface area contributed by atoms with E-state index >= 15 is 0 Å². The van der Waals surface area contributed by atoms with Crippen LogP contribution in [0.3, 0.4) is 0 Å². The molecule has 0 heterocycles. The monoisotopic (exact) mass is 634 g/mol. The lowest BCUT2D eigenvalue weighted by Gasteiger charge is -2.18. The fourth-order valence-electron chi connectivity index (χ4n) is 3.16. The highest BCUT2D eigenvalue weighted by molar-refractivity contribution is 14.1. The van der Waals surface area contributed by atoms with Crippen molar-refractivity contribution in [3.05, 3.63) is 84.2 Å². The van der Waals surface area contributed by atoms with Crippen LogP contribution in [0.15, 0.2) is 77.7 Å². The number of halogens is 3. The SMILES string of the molecule is CC(F)(P)Oc1cccc(NS(=O)(=O)c2ccc(NC(=O)C(COI)c3ccccc3)cc2F)c1. The quantitative estimate of drug-likeness (QED) is 0.224. The highest BCUT2D eigenvalue weighted by Crippen LogP contribution is 2.29. The summed E-state index contributed by atoms with van der Waals surface area (Å²) in [5.41, 5.74) is -1.20. The molecule has 186 valence electrons. The number of alkyl halides is 1. The third-order valence-electron chi connectivity index (χ3n) is 4.64. The van der Waals surface area contributed by atoms with Crippen molar-refractivity contribution in [2.45, 2.75) is 23.3 Å². The molecule has 0 radical (unpaired) electrons. The molecule has 3 rings (SSSR count). The van der Waals surface area contributed by atoms with Crippen LogP contribution in [0.1, 0.15) is 18.4 Å². The van der Waals surface area contributed by atoms with Crippen molar-refractivity contribution in [1.29, 1.82) is 0 Å². The highest BCUT2D eigenvalue weighted by atomic mass is 127. The van der Waals surface area contributed by atoms with Gasteiger partial charge in [-0.25, -0.2) is 12.8 Å². The molecule has 3 aromatic rings. The molecule has 0 aliphatic heterocycles. The van der Waals surface area contributed by atoms with Crippen LogP contribution in [-0.4, -0.2) is 26.5 Å². The lowest BCUT2D eigenvalue weighted by Crippen LogP contribution is -2.24. The van der Waals surface area contributed by atoms with Gasteiger partial charge in [-0.1, -0.05) is 45.6 Å². The maximum Gasteiger partial charge on any atom is 0.264 e. The summed E-state index contributed by atoms with van der Waals surface area (Å²) in [5, 5.41) is 2.59. The molecule has 0 aromatic heterocycles. The molecule has 3 aromatic carbocycles. The van der Waals surface area contributed by atoms with E-state index in [1.54, 1.807) is 47.3 Å². The Morgan fingerprint density at radius 2 is 1.80 bits per heavy atom. The molecular formula is C23H22F2IN2O5PS. The van der Waals surface area contributed by atoms with E-state index in [1.165, 1.54) is 37.3 Å². The van der Waals surface area contributed by atoms with Gasteiger partial charge in [0.2, 0.25) is 5.91 Å². The minimum absolute atomic E-state index is 0.0537. The molecule has 0 fully saturated rings. The van der Waals surface area contributed by atoms with Crippen molar-refractivity contribution in [3.8, 4) is 5.75 Å². The molecule has 12 heteroatoms. The summed E-state index contributed by atoms with van der Waals surface area (Å²) in [6.45, 7) is 1.26. The van der Waals surface area contributed by atoms with Crippen LogP contribution >= 0.6 is 32.2 Å². The Labute approximate surface area is 218 Å². The van der Waals surface area contributed by atoms with Crippen LogP contribution < -0.4 is 14.8 Å². The summed E-state index contributed by atoms with van der Waals surface area (Å²) in [4.78, 5) is 12.2. The van der Waals surface area contributed by atoms with Crippen molar-refractivity contribution in [3.63, 3.8) is 0 Å². The molecule has 7 nitrogen and oxygen atoms in total. The lowest BCUT2D eigenvalue weighted by atomic mass is 9.99. The van der Waals surface area contributed by atoms with Crippen molar-refractivity contribution >= 4 is 59.6 Å². The van der Waals surface area contributed by atoms with Crippen LogP contribution in [0, 0.1) is 5.82 Å². The second kappa shape index (κ2) is 11.6. The zero-order valence-electron chi connectivity index (χ0n) is 18.4. The fourth-order valence-corrected chi connectivity index (χ4v) is 4.77. The molecule has 35 heavy (non-hydrogen) atoms. The van der Waals surface area contributed by atoms with Gasteiger partial charge in [-0.15, -0.1) is 0 Å². The minimum Gasteiger partial charge on any atom is -0.455 e. The summed E-state index contributed by atoms with van der Waals surface area (Å²) < 4.78 is 66.4. The number of carbonyl (C=O) groups excluding carboxylic acids is 1. The number of benzene rings is 3. The summed E-state index contributed by atoms with van der Waals surface area (Å²) in [5.74, 6) is -2.08. The zero-order valence-corrected chi connectivity index (χ0v) is 22.5. The third-order valence-corrected chi connectivity index (χ3v) is 6.53. The van der Waals surface area contributed by atoms with Crippen LogP contribution in [0.5, 0.6) is 5.75 Å². The molecule has 0 saturated heterocycles. The highest BCUT2D eigenvalue weighted by Gasteiger charge is 2.24. The largest absolute Gasteiger partial charge is 0.455 e. The van der Waals surface area contributed by atoms with E-state index in [1.807, 2.05) is 15.3 Å². The number of amides is 1. The van der Waals surface area contributed by atoms with Gasteiger partial charge in [-0.3, -0.25) is 9.52 Å². The number of sulfonamides is 1. The van der Waals surface area contributed by atoms with E-state index in [0.29, 0.717) is 5.56 Å². The van der Waals surface area contributed by atoms with E-state index in [0.717, 1.165) is 12.1 Å². The summed E-state index contributed by atoms with van der Waals surface area (Å²) in [7, 11) is -2.47. The average Bonchev–Trinajstić information content (AvgIpc) is 2.76. The third kappa shape index (κ3) is 7.83. The van der Waals surface area contributed by atoms with E-state index in [2.05, 4.69) is 10.0 Å². The zero-order chi connectivity index (χ0) is 25.6. The van der Waals surface area contributed by atoms with Crippen molar-refractivity contribution in [1.82, 2.24) is 0 Å². The topological polar surface area (TPSA) is 93.7 Å². The first-order valence-corrected chi connectivity index (χ1v) is 13.1. The maximum atomic E-state index is 14.8. The van der Waals surface area contributed by atoms with Crippen LogP contribution in [0.4, 0.5) is 20.2 Å². The Morgan fingerprint density at radius 1 is 1.09 bits per heavy atom. The standard InChI is InChI=1S/C23H22F2IN2O5PS/c1-23(25,34)33-18-9-5-8-17(12-18)28-35(30,31)21-11-10-16(13-20(21)24)27-22(29)19(14-32-26)15-6-3-2-4-7-15/h2-13,19,28H,14,34H2,1H3,(H,27,29). The number of ether oxygens (including phenoxy) is 1. The van der Waals surface area contributed by atoms with Crippen LogP contribution in [0.2, 0.25) is 0 Å². The second-order valence-corrected chi connectivity index (χ2v) is 10.9. The van der Waals surface area contributed by atoms with E-state index in [9.17, 15) is 22.0 Å². The predicted molar refractivity (Wildman–Crippen MR) is 141 cm³/mol. The van der Waals surface area contributed by atoms with Gasteiger partial charge in [0.25, 0.3) is 15.6 Å². The second-order valence-electron chi connectivity index (χ2n) is 7.59. The van der Waals surface area contributed by atoms with E-state index in [4.69, 9.17) is 7.80 Å². The number of hydrogen-bond donors (Lipinski definition) is 2. The van der Waals surface area contributed by atoms with Gasteiger partial charge >= 0.3 is 0 Å². The Bertz CT molecular complexity index is 1290. The first kappa shape index (κ1) is 27.3. The summed E-state index contributed by atoms with van der Waals surface area (Å²) in [6, 6.07) is 17.8. The molecule has 3 atom stereocenters. The minimum atomic E-state index is -4.33. The molecule has 1 amide bonds. The number of nitrogens with one attached hydrogen (secondary N) is 2. The molecule has 0 aliphatic carbocycles. The van der Waals surface area contributed by atoms with E-state index in [-0.39, 0.29) is 23.7 Å². The van der Waals surface area contributed by atoms with Gasteiger partial charge in [-0.05, 0) is 35.9 Å². The first-order valence-electron chi connectivity index (χ1n) is 10.2. The van der Waals surface area contributed by atoms with Crippen LogP contribution in [-0.2, 0) is 17.9 Å². The molecule has 0 aliphatic rings. The number of hydrogen-bond acceptors (Lipinski definition) is 5.